The number of benzene rings is 1. The van der Waals surface area contributed by atoms with Gasteiger partial charge in [-0.2, -0.15) is 5.10 Å². The molecule has 0 saturated heterocycles. The molecule has 3 aromatic rings. The van der Waals surface area contributed by atoms with Crippen molar-refractivity contribution in [3.8, 4) is 11.3 Å². The molecule has 0 saturated carbocycles. The van der Waals surface area contributed by atoms with E-state index in [1.165, 1.54) is 0 Å². The minimum atomic E-state index is -0.401. The number of hydrogen-bond donors (Lipinski definition) is 3. The Morgan fingerprint density at radius 3 is 2.90 bits per heavy atom. The molecule has 29 heavy (non-hydrogen) atoms. The Hall–Kier alpha value is -3.81. The van der Waals surface area contributed by atoms with Crippen molar-refractivity contribution in [1.82, 2.24) is 20.4 Å². The average Bonchev–Trinajstić information content (AvgIpc) is 2.74. The predicted molar refractivity (Wildman–Crippen MR) is 115 cm³/mol. The SMILES string of the molecule is CCC/C=N/NC(=O)Nc1ccc(C)c(Nc2nccc(-c3cccnc3)n2)c1. The van der Waals surface area contributed by atoms with Gasteiger partial charge in [0.2, 0.25) is 5.95 Å². The normalized spacial score (nSPS) is 10.7. The van der Waals surface area contributed by atoms with Gasteiger partial charge in [-0.05, 0) is 49.2 Å². The predicted octanol–water partition coefficient (Wildman–Crippen LogP) is 4.50. The van der Waals surface area contributed by atoms with E-state index in [0.29, 0.717) is 11.6 Å². The summed E-state index contributed by atoms with van der Waals surface area (Å²) in [5, 5.41) is 9.84. The Labute approximate surface area is 169 Å². The first-order valence-electron chi connectivity index (χ1n) is 9.35. The molecule has 3 N–H and O–H groups in total. The third-order valence-electron chi connectivity index (χ3n) is 4.03. The fourth-order valence-electron chi connectivity index (χ4n) is 2.51. The number of rotatable bonds is 7. The van der Waals surface area contributed by atoms with Gasteiger partial charge >= 0.3 is 6.03 Å². The van der Waals surface area contributed by atoms with Gasteiger partial charge in [-0.1, -0.05) is 19.4 Å². The second kappa shape index (κ2) is 9.93. The molecule has 8 nitrogen and oxygen atoms in total. The number of carbonyl (C=O) groups is 1. The number of aromatic nitrogens is 3. The van der Waals surface area contributed by atoms with Crippen LogP contribution in [0.3, 0.4) is 0 Å². The summed E-state index contributed by atoms with van der Waals surface area (Å²) < 4.78 is 0. The lowest BCUT2D eigenvalue weighted by Gasteiger charge is -2.12. The van der Waals surface area contributed by atoms with Crippen molar-refractivity contribution in [3.05, 3.63) is 60.6 Å². The summed E-state index contributed by atoms with van der Waals surface area (Å²) in [5.74, 6) is 0.459. The summed E-state index contributed by atoms with van der Waals surface area (Å²) in [6.45, 7) is 4.01. The molecule has 148 valence electrons. The number of nitrogens with zero attached hydrogens (tertiary/aromatic N) is 4. The van der Waals surface area contributed by atoms with E-state index in [0.717, 1.165) is 35.3 Å². The highest BCUT2D eigenvalue weighted by Crippen LogP contribution is 2.24. The Morgan fingerprint density at radius 1 is 1.21 bits per heavy atom. The smallest absolute Gasteiger partial charge is 0.324 e. The van der Waals surface area contributed by atoms with E-state index in [1.54, 1.807) is 24.8 Å². The molecule has 3 rings (SSSR count). The topological polar surface area (TPSA) is 104 Å². The molecule has 0 atom stereocenters. The summed E-state index contributed by atoms with van der Waals surface area (Å²) in [5.41, 5.74) is 6.54. The molecular weight excluding hydrogens is 366 g/mol. The van der Waals surface area contributed by atoms with Gasteiger partial charge in [0.05, 0.1) is 5.69 Å². The van der Waals surface area contributed by atoms with Crippen LogP contribution in [0.4, 0.5) is 22.1 Å². The van der Waals surface area contributed by atoms with E-state index in [2.05, 4.69) is 36.1 Å². The molecule has 2 heterocycles. The van der Waals surface area contributed by atoms with Crippen LogP contribution >= 0.6 is 0 Å². The number of pyridine rings is 1. The lowest BCUT2D eigenvalue weighted by molar-refractivity contribution is 0.252. The number of nitrogens with one attached hydrogen (secondary N) is 3. The first kappa shape index (κ1) is 19.9. The number of hydrogen-bond acceptors (Lipinski definition) is 6. The summed E-state index contributed by atoms with van der Waals surface area (Å²) in [6.07, 6.45) is 8.63. The number of carbonyl (C=O) groups excluding carboxylic acids is 1. The maximum atomic E-state index is 11.9. The standard InChI is InChI=1S/C21H23N7O/c1-3-4-11-24-28-21(29)25-17-8-7-15(2)19(13-17)27-20-23-12-9-18(26-20)16-6-5-10-22-14-16/h5-14H,3-4H2,1-2H3,(H,23,26,27)(H2,25,28,29)/b24-11+. The van der Waals surface area contributed by atoms with Crippen LogP contribution in [0.25, 0.3) is 11.3 Å². The highest BCUT2D eigenvalue weighted by atomic mass is 16.2. The van der Waals surface area contributed by atoms with Crippen LogP contribution in [0, 0.1) is 6.92 Å². The van der Waals surface area contributed by atoms with Crippen LogP contribution in [-0.2, 0) is 0 Å². The van der Waals surface area contributed by atoms with E-state index in [1.807, 2.05) is 50.2 Å². The van der Waals surface area contributed by atoms with Gasteiger partial charge in [0.15, 0.2) is 0 Å². The first-order chi connectivity index (χ1) is 14.2. The van der Waals surface area contributed by atoms with Crippen molar-refractivity contribution in [3.63, 3.8) is 0 Å². The quantitative estimate of drug-likeness (QED) is 0.408. The van der Waals surface area contributed by atoms with E-state index in [9.17, 15) is 4.79 Å². The van der Waals surface area contributed by atoms with Gasteiger partial charge in [-0.15, -0.1) is 0 Å². The Morgan fingerprint density at radius 2 is 2.10 bits per heavy atom. The summed E-state index contributed by atoms with van der Waals surface area (Å²) >= 11 is 0. The second-order valence-electron chi connectivity index (χ2n) is 6.33. The van der Waals surface area contributed by atoms with Gasteiger partial charge in [0.25, 0.3) is 0 Å². The fraction of sp³-hybridized carbons (Fsp3) is 0.190. The third-order valence-corrected chi connectivity index (χ3v) is 4.03. The Balaban J connectivity index is 1.71. The minimum absolute atomic E-state index is 0.401. The van der Waals surface area contributed by atoms with Crippen molar-refractivity contribution in [2.75, 3.05) is 10.6 Å². The molecule has 0 bridgehead atoms. The molecule has 2 aromatic heterocycles. The largest absolute Gasteiger partial charge is 0.339 e. The van der Waals surface area contributed by atoms with E-state index < -0.39 is 6.03 Å². The molecule has 0 radical (unpaired) electrons. The Kier molecular flexibility index (Phi) is 6.83. The van der Waals surface area contributed by atoms with Crippen molar-refractivity contribution < 1.29 is 4.79 Å². The van der Waals surface area contributed by atoms with Gasteiger partial charge in [-0.25, -0.2) is 20.2 Å². The molecule has 2 amide bonds. The van der Waals surface area contributed by atoms with Gasteiger partial charge < -0.3 is 10.6 Å². The van der Waals surface area contributed by atoms with Crippen LogP contribution in [-0.4, -0.2) is 27.2 Å². The van der Waals surface area contributed by atoms with Crippen molar-refractivity contribution >= 4 is 29.6 Å². The van der Waals surface area contributed by atoms with Crippen molar-refractivity contribution in [2.45, 2.75) is 26.7 Å². The van der Waals surface area contributed by atoms with Crippen LogP contribution in [0.1, 0.15) is 25.3 Å². The van der Waals surface area contributed by atoms with Crippen LogP contribution in [0.5, 0.6) is 0 Å². The Bertz CT molecular complexity index is 989. The second-order valence-corrected chi connectivity index (χ2v) is 6.33. The van der Waals surface area contributed by atoms with Crippen LogP contribution in [0.15, 0.2) is 60.1 Å². The lowest BCUT2D eigenvalue weighted by Crippen LogP contribution is -2.24. The summed E-state index contributed by atoms with van der Waals surface area (Å²) in [7, 11) is 0. The number of urea groups is 1. The van der Waals surface area contributed by atoms with Gasteiger partial charge in [0, 0.05) is 41.7 Å². The lowest BCUT2D eigenvalue weighted by atomic mass is 10.2. The molecule has 0 unspecified atom stereocenters. The zero-order chi connectivity index (χ0) is 20.5. The molecule has 0 aliphatic carbocycles. The summed E-state index contributed by atoms with van der Waals surface area (Å²) in [6, 6.07) is 10.8. The van der Waals surface area contributed by atoms with Gasteiger partial charge in [-0.3, -0.25) is 4.98 Å². The highest BCUT2D eigenvalue weighted by Gasteiger charge is 2.07. The maximum Gasteiger partial charge on any atom is 0.339 e. The highest BCUT2D eigenvalue weighted by molar-refractivity contribution is 5.90. The van der Waals surface area contributed by atoms with Gasteiger partial charge in [0.1, 0.15) is 0 Å². The van der Waals surface area contributed by atoms with E-state index in [-0.39, 0.29) is 0 Å². The number of amides is 2. The molecule has 1 aromatic carbocycles. The third kappa shape index (κ3) is 5.83. The first-order valence-corrected chi connectivity index (χ1v) is 9.35. The van der Waals surface area contributed by atoms with Crippen LogP contribution in [0.2, 0.25) is 0 Å². The van der Waals surface area contributed by atoms with E-state index >= 15 is 0 Å². The molecule has 8 heteroatoms. The molecular formula is C21H23N7O. The zero-order valence-corrected chi connectivity index (χ0v) is 16.4. The average molecular weight is 389 g/mol. The van der Waals surface area contributed by atoms with Crippen molar-refractivity contribution in [2.24, 2.45) is 5.10 Å². The number of hydrazone groups is 1. The fourth-order valence-corrected chi connectivity index (χ4v) is 2.51. The number of unbranched alkanes of at least 4 members (excludes halogenated alkanes) is 1. The molecule has 0 aliphatic heterocycles. The number of anilines is 3. The minimum Gasteiger partial charge on any atom is -0.324 e. The van der Waals surface area contributed by atoms with Crippen molar-refractivity contribution in [1.29, 1.82) is 0 Å². The summed E-state index contributed by atoms with van der Waals surface area (Å²) in [4.78, 5) is 24.9. The molecule has 0 spiro atoms. The van der Waals surface area contributed by atoms with Crippen LogP contribution < -0.4 is 16.1 Å². The van der Waals surface area contributed by atoms with E-state index in [4.69, 9.17) is 0 Å². The molecule has 0 aliphatic rings. The zero-order valence-electron chi connectivity index (χ0n) is 16.4. The molecule has 0 fully saturated rings. The number of aryl methyl sites for hydroxylation is 1. The maximum absolute atomic E-state index is 11.9. The monoisotopic (exact) mass is 389 g/mol.